The number of aliphatic hydroxyl groups excluding tert-OH is 2. The number of carbonyl (C=O) groups is 2. The van der Waals surface area contributed by atoms with Gasteiger partial charge < -0.3 is 19.8 Å². The molecule has 0 aliphatic carbocycles. The lowest BCUT2D eigenvalue weighted by molar-refractivity contribution is -0.162. The Balaban J connectivity index is 2.33. The first-order valence-electron chi connectivity index (χ1n) is 5.45. The molecule has 19 heavy (non-hydrogen) atoms. The first kappa shape index (κ1) is 13.9. The number of amides is 1. The van der Waals surface area contributed by atoms with Gasteiger partial charge in [-0.05, 0) is 5.53 Å². The molecule has 2 aliphatic rings. The molecule has 5 atom stereocenters. The average molecular weight is 288 g/mol. The second-order valence-corrected chi connectivity index (χ2v) is 5.29. The van der Waals surface area contributed by atoms with E-state index in [4.69, 9.17) is 5.53 Å². The van der Waals surface area contributed by atoms with Crippen molar-refractivity contribution in [2.24, 2.45) is 5.11 Å². The molecule has 0 aromatic rings. The van der Waals surface area contributed by atoms with Gasteiger partial charge in [0.15, 0.2) is 0 Å². The average Bonchev–Trinajstić information content (AvgIpc) is 2.85. The Labute approximate surface area is 112 Å². The number of thioether (sulfide) groups is 1. The second kappa shape index (κ2) is 5.25. The van der Waals surface area contributed by atoms with Crippen molar-refractivity contribution in [3.05, 3.63) is 10.4 Å². The van der Waals surface area contributed by atoms with Gasteiger partial charge in [0.05, 0.1) is 7.11 Å². The Kier molecular flexibility index (Phi) is 3.85. The summed E-state index contributed by atoms with van der Waals surface area (Å²) in [7, 11) is 1.20. The van der Waals surface area contributed by atoms with Gasteiger partial charge in [0.1, 0.15) is 29.7 Å². The standard InChI is InChI=1S/C9H12N4O5S/c1-18-9(17)3-2-19-8-6(15)5(14)4(11-12-10)7(16)13(3)8/h3-6,8,14-15H,2H2,1H3/t3-,4+,5-,6-,8-/m0/s1. The topological polar surface area (TPSA) is 136 Å². The number of piperidine rings is 1. The van der Waals surface area contributed by atoms with E-state index < -0.39 is 41.5 Å². The molecule has 0 unspecified atom stereocenters. The monoisotopic (exact) mass is 288 g/mol. The van der Waals surface area contributed by atoms with E-state index in [9.17, 15) is 19.8 Å². The van der Waals surface area contributed by atoms with Gasteiger partial charge in [0.2, 0.25) is 5.91 Å². The summed E-state index contributed by atoms with van der Waals surface area (Å²) in [5, 5.41) is 22.2. The van der Waals surface area contributed by atoms with Crippen LogP contribution >= 0.6 is 11.8 Å². The van der Waals surface area contributed by atoms with Crippen molar-refractivity contribution in [1.29, 1.82) is 0 Å². The Morgan fingerprint density at radius 2 is 2.26 bits per heavy atom. The predicted molar refractivity (Wildman–Crippen MR) is 63.8 cm³/mol. The highest BCUT2D eigenvalue weighted by Gasteiger charge is 2.54. The van der Waals surface area contributed by atoms with Crippen molar-refractivity contribution < 1.29 is 24.5 Å². The number of rotatable bonds is 2. The van der Waals surface area contributed by atoms with Gasteiger partial charge in [-0.15, -0.1) is 11.8 Å². The van der Waals surface area contributed by atoms with Gasteiger partial charge >= 0.3 is 5.97 Å². The summed E-state index contributed by atoms with van der Waals surface area (Å²) >= 11 is 1.17. The maximum absolute atomic E-state index is 12.2. The van der Waals surface area contributed by atoms with E-state index in [0.717, 1.165) is 4.90 Å². The lowest BCUT2D eigenvalue weighted by Crippen LogP contribution is -2.63. The van der Waals surface area contributed by atoms with Gasteiger partial charge in [-0.25, -0.2) is 4.79 Å². The molecule has 2 heterocycles. The van der Waals surface area contributed by atoms with E-state index in [-0.39, 0.29) is 5.75 Å². The Morgan fingerprint density at radius 1 is 1.58 bits per heavy atom. The molecule has 9 nitrogen and oxygen atoms in total. The number of hydrogen-bond acceptors (Lipinski definition) is 7. The highest BCUT2D eigenvalue weighted by Crippen LogP contribution is 2.38. The van der Waals surface area contributed by atoms with Crippen molar-refractivity contribution >= 4 is 23.6 Å². The van der Waals surface area contributed by atoms with Crippen LogP contribution in [0, 0.1) is 0 Å². The molecule has 2 aliphatic heterocycles. The number of ether oxygens (including phenoxy) is 1. The maximum atomic E-state index is 12.2. The van der Waals surface area contributed by atoms with Crippen molar-refractivity contribution in [2.75, 3.05) is 12.9 Å². The largest absolute Gasteiger partial charge is 0.467 e. The summed E-state index contributed by atoms with van der Waals surface area (Å²) in [5.41, 5.74) is 8.40. The highest BCUT2D eigenvalue weighted by atomic mass is 32.2. The van der Waals surface area contributed by atoms with Crippen molar-refractivity contribution in [3.8, 4) is 0 Å². The molecule has 2 N–H and O–H groups in total. The van der Waals surface area contributed by atoms with E-state index in [1.807, 2.05) is 0 Å². The van der Waals surface area contributed by atoms with Gasteiger partial charge in [-0.2, -0.15) is 0 Å². The van der Waals surface area contributed by atoms with Gasteiger partial charge in [-0.3, -0.25) is 4.79 Å². The number of nitrogens with zero attached hydrogens (tertiary/aromatic N) is 4. The third-order valence-corrected chi connectivity index (χ3v) is 4.51. The minimum absolute atomic E-state index is 0.260. The summed E-state index contributed by atoms with van der Waals surface area (Å²) in [6.45, 7) is 0. The summed E-state index contributed by atoms with van der Waals surface area (Å²) < 4.78 is 4.60. The van der Waals surface area contributed by atoms with Crippen molar-refractivity contribution in [2.45, 2.75) is 29.7 Å². The number of esters is 1. The minimum atomic E-state index is -1.48. The van der Waals surface area contributed by atoms with Gasteiger partial charge in [0, 0.05) is 10.7 Å². The second-order valence-electron chi connectivity index (χ2n) is 4.14. The van der Waals surface area contributed by atoms with E-state index >= 15 is 0 Å². The van der Waals surface area contributed by atoms with Crippen molar-refractivity contribution in [1.82, 2.24) is 4.90 Å². The van der Waals surface area contributed by atoms with E-state index in [1.165, 1.54) is 18.9 Å². The van der Waals surface area contributed by atoms with Crippen molar-refractivity contribution in [3.63, 3.8) is 0 Å². The molecule has 104 valence electrons. The number of fused-ring (bicyclic) bond motifs is 1. The summed E-state index contributed by atoms with van der Waals surface area (Å²) in [4.78, 5) is 27.4. The van der Waals surface area contributed by atoms with Crippen LogP contribution in [0.15, 0.2) is 5.11 Å². The Bertz CT molecular complexity index is 454. The molecule has 0 aromatic carbocycles. The van der Waals surface area contributed by atoms with E-state index in [0.29, 0.717) is 0 Å². The van der Waals surface area contributed by atoms with Crippen LogP contribution in [0.25, 0.3) is 10.4 Å². The fraction of sp³-hybridized carbons (Fsp3) is 0.778. The van der Waals surface area contributed by atoms with Gasteiger partial charge in [-0.1, -0.05) is 5.11 Å². The molecule has 10 heteroatoms. The van der Waals surface area contributed by atoms with Crippen LogP contribution in [0.5, 0.6) is 0 Å². The van der Waals surface area contributed by atoms with Crippen LogP contribution in [0.1, 0.15) is 0 Å². The molecular weight excluding hydrogens is 276 g/mol. The lowest BCUT2D eigenvalue weighted by atomic mass is 9.97. The normalized spacial score (nSPS) is 37.5. The number of hydrogen-bond donors (Lipinski definition) is 2. The summed E-state index contributed by atoms with van der Waals surface area (Å²) in [5.74, 6) is -1.02. The third kappa shape index (κ3) is 2.12. The Morgan fingerprint density at radius 3 is 2.84 bits per heavy atom. The summed E-state index contributed by atoms with van der Waals surface area (Å²) in [6, 6.07) is -2.27. The molecule has 0 bridgehead atoms. The maximum Gasteiger partial charge on any atom is 0.329 e. The van der Waals surface area contributed by atoms with Crippen LogP contribution < -0.4 is 0 Å². The number of aliphatic hydroxyl groups is 2. The zero-order valence-corrected chi connectivity index (χ0v) is 10.7. The minimum Gasteiger partial charge on any atom is -0.467 e. The molecule has 0 spiro atoms. The predicted octanol–water partition coefficient (Wildman–Crippen LogP) is -1.16. The molecule has 0 radical (unpaired) electrons. The SMILES string of the molecule is COC(=O)[C@@H]1CS[C@H]2[C@@H](O)[C@@H](O)[C@@H](N=[N+]=[N-])C(=O)N12. The summed E-state index contributed by atoms with van der Waals surface area (Å²) in [6.07, 6.45) is -2.76. The molecule has 2 fully saturated rings. The first-order valence-corrected chi connectivity index (χ1v) is 6.49. The number of azide groups is 1. The Hall–Kier alpha value is -1.48. The molecule has 2 saturated heterocycles. The van der Waals surface area contributed by atoms with E-state index in [2.05, 4.69) is 14.8 Å². The molecular formula is C9H12N4O5S. The zero-order chi connectivity index (χ0) is 14.2. The van der Waals surface area contributed by atoms with E-state index in [1.54, 1.807) is 0 Å². The molecule has 0 aromatic heterocycles. The quantitative estimate of drug-likeness (QED) is 0.285. The van der Waals surface area contributed by atoms with Crippen LogP contribution in [-0.4, -0.2) is 69.5 Å². The smallest absolute Gasteiger partial charge is 0.329 e. The highest BCUT2D eigenvalue weighted by molar-refractivity contribution is 8.00. The van der Waals surface area contributed by atoms with Crippen LogP contribution in [0.3, 0.4) is 0 Å². The lowest BCUT2D eigenvalue weighted by Gasteiger charge is -2.40. The molecule has 2 rings (SSSR count). The number of methoxy groups -OCH3 is 1. The first-order chi connectivity index (χ1) is 9.02. The van der Waals surface area contributed by atoms with Crippen LogP contribution in [0.2, 0.25) is 0 Å². The zero-order valence-electron chi connectivity index (χ0n) is 9.91. The molecule has 1 amide bonds. The fourth-order valence-corrected chi connectivity index (χ4v) is 3.66. The number of carbonyl (C=O) groups excluding carboxylic acids is 2. The van der Waals surface area contributed by atoms with Crippen LogP contribution in [-0.2, 0) is 14.3 Å². The fourth-order valence-electron chi connectivity index (χ4n) is 2.22. The third-order valence-electron chi connectivity index (χ3n) is 3.16. The van der Waals surface area contributed by atoms with Crippen LogP contribution in [0.4, 0.5) is 0 Å². The molecule has 0 saturated carbocycles. The van der Waals surface area contributed by atoms with Gasteiger partial charge in [0.25, 0.3) is 0 Å².